The number of aliphatic carboxylic acids is 1. The molecule has 1 aliphatic heterocycles. The van der Waals surface area contributed by atoms with Gasteiger partial charge in [-0.2, -0.15) is 0 Å². The Morgan fingerprint density at radius 2 is 2.00 bits per heavy atom. The molecule has 0 radical (unpaired) electrons. The summed E-state index contributed by atoms with van der Waals surface area (Å²) < 4.78 is 23.4. The third-order valence-electron chi connectivity index (χ3n) is 4.63. The third-order valence-corrected chi connectivity index (χ3v) is 6.12. The van der Waals surface area contributed by atoms with Crippen molar-refractivity contribution in [1.29, 1.82) is 0 Å². The van der Waals surface area contributed by atoms with Crippen LogP contribution in [0.15, 0.2) is 30.3 Å². The van der Waals surface area contributed by atoms with Crippen LogP contribution < -0.4 is 0 Å². The predicted octanol–water partition coefficient (Wildman–Crippen LogP) is 2.00. The van der Waals surface area contributed by atoms with Gasteiger partial charge in [0.1, 0.15) is 5.75 Å². The van der Waals surface area contributed by atoms with Crippen LogP contribution in [0.3, 0.4) is 0 Å². The molecule has 2 atom stereocenters. The minimum absolute atomic E-state index is 0.0776. The molecule has 0 spiro atoms. The highest BCUT2D eigenvalue weighted by Crippen LogP contribution is 2.34. The molecule has 0 amide bonds. The minimum Gasteiger partial charge on any atom is -0.480 e. The van der Waals surface area contributed by atoms with E-state index in [-0.39, 0.29) is 5.75 Å². The van der Waals surface area contributed by atoms with Crippen LogP contribution in [-0.2, 0) is 14.6 Å². The largest absolute Gasteiger partial charge is 0.480 e. The van der Waals surface area contributed by atoms with Crippen molar-refractivity contribution in [2.45, 2.75) is 25.7 Å². The molecule has 1 fully saturated rings. The lowest BCUT2D eigenvalue weighted by Crippen LogP contribution is -2.41. The topological polar surface area (TPSA) is 74.7 Å². The standard InChI is InChI=1S/C17H25NO4S/c1-2-14-12-18(10-11-23(21,22)13-17(19)20)9-8-16(14)15-6-4-3-5-7-15/h3-7,14,16H,2,8-13H2,1H3,(H,19,20). The van der Waals surface area contributed by atoms with E-state index < -0.39 is 21.6 Å². The third kappa shape index (κ3) is 5.32. The van der Waals surface area contributed by atoms with Crippen LogP contribution in [0, 0.1) is 5.92 Å². The highest BCUT2D eigenvalue weighted by molar-refractivity contribution is 7.92. The molecule has 1 saturated heterocycles. The molecule has 1 aliphatic rings. The summed E-state index contributed by atoms with van der Waals surface area (Å²) >= 11 is 0. The smallest absolute Gasteiger partial charge is 0.318 e. The second-order valence-corrected chi connectivity index (χ2v) is 8.44. The van der Waals surface area contributed by atoms with Crippen LogP contribution in [0.1, 0.15) is 31.2 Å². The summed E-state index contributed by atoms with van der Waals surface area (Å²) in [5.74, 6) is -1.10. The van der Waals surface area contributed by atoms with Gasteiger partial charge in [-0.25, -0.2) is 8.42 Å². The molecule has 0 bridgehead atoms. The summed E-state index contributed by atoms with van der Waals surface area (Å²) in [6.45, 7) is 4.33. The molecule has 128 valence electrons. The number of carbonyl (C=O) groups is 1. The van der Waals surface area contributed by atoms with Crippen molar-refractivity contribution in [1.82, 2.24) is 4.90 Å². The van der Waals surface area contributed by atoms with Crippen molar-refractivity contribution in [3.63, 3.8) is 0 Å². The molecule has 1 aromatic carbocycles. The molecule has 0 aromatic heterocycles. The number of carboxylic acids is 1. The lowest BCUT2D eigenvalue weighted by Gasteiger charge is -2.38. The number of rotatable bonds is 7. The average Bonchev–Trinajstić information content (AvgIpc) is 2.52. The Kier molecular flexibility index (Phi) is 6.18. The van der Waals surface area contributed by atoms with Crippen LogP contribution in [-0.4, -0.2) is 55.5 Å². The van der Waals surface area contributed by atoms with Gasteiger partial charge in [0.25, 0.3) is 0 Å². The molecule has 5 nitrogen and oxygen atoms in total. The normalized spacial score (nSPS) is 22.8. The molecule has 2 unspecified atom stereocenters. The number of likely N-dealkylation sites (tertiary alicyclic amines) is 1. The Balaban J connectivity index is 1.93. The zero-order chi connectivity index (χ0) is 16.9. The van der Waals surface area contributed by atoms with Gasteiger partial charge in [-0.15, -0.1) is 0 Å². The van der Waals surface area contributed by atoms with Gasteiger partial charge in [-0.3, -0.25) is 4.79 Å². The number of piperidine rings is 1. The first-order valence-electron chi connectivity index (χ1n) is 8.11. The van der Waals surface area contributed by atoms with Gasteiger partial charge in [-0.05, 0) is 30.4 Å². The molecule has 1 aromatic rings. The Labute approximate surface area is 138 Å². The maximum absolute atomic E-state index is 11.7. The molecule has 0 saturated carbocycles. The molecular weight excluding hydrogens is 314 g/mol. The number of carboxylic acid groups (broad SMARTS) is 1. The zero-order valence-electron chi connectivity index (χ0n) is 13.5. The number of hydrogen-bond donors (Lipinski definition) is 1. The molecule has 23 heavy (non-hydrogen) atoms. The van der Waals surface area contributed by atoms with Gasteiger partial charge in [0.2, 0.25) is 0 Å². The fraction of sp³-hybridized carbons (Fsp3) is 0.588. The first-order valence-corrected chi connectivity index (χ1v) is 9.93. The van der Waals surface area contributed by atoms with Gasteiger partial charge < -0.3 is 10.0 Å². The average molecular weight is 339 g/mol. The first kappa shape index (κ1) is 17.9. The van der Waals surface area contributed by atoms with Crippen LogP contribution >= 0.6 is 0 Å². The first-order chi connectivity index (χ1) is 10.9. The van der Waals surface area contributed by atoms with Gasteiger partial charge >= 0.3 is 5.97 Å². The Morgan fingerprint density at radius 1 is 1.30 bits per heavy atom. The van der Waals surface area contributed by atoms with E-state index in [0.29, 0.717) is 18.4 Å². The van der Waals surface area contributed by atoms with E-state index in [4.69, 9.17) is 5.11 Å². The maximum Gasteiger partial charge on any atom is 0.318 e. The van der Waals surface area contributed by atoms with Crippen LogP contribution in [0.5, 0.6) is 0 Å². The summed E-state index contributed by atoms with van der Waals surface area (Å²) in [6, 6.07) is 10.5. The van der Waals surface area contributed by atoms with Crippen LogP contribution in [0.2, 0.25) is 0 Å². The monoisotopic (exact) mass is 339 g/mol. The maximum atomic E-state index is 11.7. The predicted molar refractivity (Wildman–Crippen MR) is 90.3 cm³/mol. The van der Waals surface area contributed by atoms with Gasteiger partial charge in [0, 0.05) is 13.1 Å². The van der Waals surface area contributed by atoms with Crippen LogP contribution in [0.4, 0.5) is 0 Å². The van der Waals surface area contributed by atoms with Crippen molar-refractivity contribution < 1.29 is 18.3 Å². The minimum atomic E-state index is -3.51. The molecular formula is C17H25NO4S. The summed E-state index contributed by atoms with van der Waals surface area (Å²) in [4.78, 5) is 12.7. The Bertz CT molecular complexity index is 615. The summed E-state index contributed by atoms with van der Waals surface area (Å²) in [6.07, 6.45) is 2.07. The van der Waals surface area contributed by atoms with Crippen molar-refractivity contribution in [3.8, 4) is 0 Å². The number of nitrogens with zero attached hydrogens (tertiary/aromatic N) is 1. The molecule has 1 heterocycles. The highest BCUT2D eigenvalue weighted by atomic mass is 32.2. The summed E-state index contributed by atoms with van der Waals surface area (Å²) in [5.41, 5.74) is 1.36. The van der Waals surface area contributed by atoms with Crippen molar-refractivity contribution >= 4 is 15.8 Å². The van der Waals surface area contributed by atoms with Gasteiger partial charge in [-0.1, -0.05) is 43.7 Å². The Morgan fingerprint density at radius 3 is 2.61 bits per heavy atom. The molecule has 6 heteroatoms. The van der Waals surface area contributed by atoms with E-state index in [1.165, 1.54) is 5.56 Å². The summed E-state index contributed by atoms with van der Waals surface area (Å²) in [7, 11) is -3.51. The van der Waals surface area contributed by atoms with E-state index >= 15 is 0 Å². The fourth-order valence-electron chi connectivity index (χ4n) is 3.39. The van der Waals surface area contributed by atoms with Crippen molar-refractivity contribution in [3.05, 3.63) is 35.9 Å². The number of hydrogen-bond acceptors (Lipinski definition) is 4. The summed E-state index contributed by atoms with van der Waals surface area (Å²) in [5, 5.41) is 8.63. The van der Waals surface area contributed by atoms with E-state index in [2.05, 4.69) is 36.1 Å². The van der Waals surface area contributed by atoms with Crippen LogP contribution in [0.25, 0.3) is 0 Å². The van der Waals surface area contributed by atoms with E-state index in [0.717, 1.165) is 25.9 Å². The number of sulfone groups is 1. The number of benzene rings is 1. The second kappa shape index (κ2) is 7.93. The molecule has 1 N–H and O–H groups in total. The Hall–Kier alpha value is -1.40. The lowest BCUT2D eigenvalue weighted by molar-refractivity contribution is -0.134. The van der Waals surface area contributed by atoms with E-state index in [1.54, 1.807) is 0 Å². The quantitative estimate of drug-likeness (QED) is 0.822. The van der Waals surface area contributed by atoms with E-state index in [1.807, 2.05) is 6.07 Å². The molecule has 0 aliphatic carbocycles. The fourth-order valence-corrected chi connectivity index (χ4v) is 4.45. The van der Waals surface area contributed by atoms with Crippen molar-refractivity contribution in [2.75, 3.05) is 31.1 Å². The highest BCUT2D eigenvalue weighted by Gasteiger charge is 2.29. The lowest BCUT2D eigenvalue weighted by atomic mass is 9.79. The van der Waals surface area contributed by atoms with Gasteiger partial charge in [0.05, 0.1) is 5.75 Å². The second-order valence-electron chi connectivity index (χ2n) is 6.26. The van der Waals surface area contributed by atoms with Crippen molar-refractivity contribution in [2.24, 2.45) is 5.92 Å². The van der Waals surface area contributed by atoms with E-state index in [9.17, 15) is 13.2 Å². The zero-order valence-corrected chi connectivity index (χ0v) is 14.3. The van der Waals surface area contributed by atoms with Gasteiger partial charge in [0.15, 0.2) is 9.84 Å². The SMILES string of the molecule is CCC1CN(CCS(=O)(=O)CC(=O)O)CCC1c1ccccc1. The molecule has 2 rings (SSSR count).